The predicted molar refractivity (Wildman–Crippen MR) is 147 cm³/mol. The molecule has 0 radical (unpaired) electrons. The zero-order valence-electron chi connectivity index (χ0n) is 23.2. The summed E-state index contributed by atoms with van der Waals surface area (Å²) in [6, 6.07) is 7.26. The number of hydrogen-bond donors (Lipinski definition) is 1. The smallest absolute Gasteiger partial charge is 0.305 e. The van der Waals surface area contributed by atoms with Gasteiger partial charge in [0.25, 0.3) is 0 Å². The summed E-state index contributed by atoms with van der Waals surface area (Å²) in [6.45, 7) is 5.15. The number of hydrogen-bond acceptors (Lipinski definition) is 9. The number of halogens is 3. The zero-order valence-corrected chi connectivity index (χ0v) is 24.0. The second-order valence-corrected chi connectivity index (χ2v) is 12.2. The number of benzene rings is 2. The van der Waals surface area contributed by atoms with Crippen molar-refractivity contribution in [2.45, 2.75) is 43.4 Å². The Hall–Kier alpha value is -4.26. The molecule has 0 saturated carbocycles. The molecular formula is C29H28F3N3O6S. The van der Waals surface area contributed by atoms with Crippen molar-refractivity contribution in [1.82, 2.24) is 9.97 Å². The molecular weight excluding hydrogens is 575 g/mol. The molecule has 42 heavy (non-hydrogen) atoms. The van der Waals surface area contributed by atoms with Crippen LogP contribution in [-0.4, -0.2) is 49.4 Å². The Balaban J connectivity index is 1.71. The van der Waals surface area contributed by atoms with Gasteiger partial charge in [0.15, 0.2) is 21.2 Å². The number of aromatic nitrogens is 2. The molecule has 2 aromatic carbocycles. The molecule has 0 bridgehead atoms. The van der Waals surface area contributed by atoms with E-state index in [-0.39, 0.29) is 52.4 Å². The molecule has 0 aliphatic carbocycles. The van der Waals surface area contributed by atoms with E-state index in [0.717, 1.165) is 6.07 Å². The van der Waals surface area contributed by atoms with Gasteiger partial charge in [0, 0.05) is 30.3 Å². The maximum absolute atomic E-state index is 15.9. The fourth-order valence-corrected chi connectivity index (χ4v) is 5.79. The maximum atomic E-state index is 15.9. The fraction of sp³-hybridized carbons (Fsp3) is 0.310. The molecule has 13 heteroatoms. The van der Waals surface area contributed by atoms with Crippen LogP contribution in [0.2, 0.25) is 0 Å². The topological polar surface area (TPSA) is 125 Å². The Morgan fingerprint density at radius 3 is 2.60 bits per heavy atom. The Morgan fingerprint density at radius 1 is 1.14 bits per heavy atom. The summed E-state index contributed by atoms with van der Waals surface area (Å²) in [5, 5.41) is 3.00. The number of esters is 1. The summed E-state index contributed by atoms with van der Waals surface area (Å²) in [6.07, 6.45) is 1.58. The third-order valence-corrected chi connectivity index (χ3v) is 8.19. The van der Waals surface area contributed by atoms with Crippen LogP contribution in [0.25, 0.3) is 11.3 Å². The van der Waals surface area contributed by atoms with Gasteiger partial charge in [0.1, 0.15) is 28.0 Å². The molecule has 0 saturated heterocycles. The van der Waals surface area contributed by atoms with Gasteiger partial charge in [-0.05, 0) is 44.0 Å². The fourth-order valence-electron chi connectivity index (χ4n) is 4.34. The SMILES string of the molecule is COC(=O)C[C@@H](C)CNc1nccc(C2=C(c3cccc(CS(=O)(=O)c4cc(F)ccc4F)c3F)C(=O)C(C)(C)O2)n1. The van der Waals surface area contributed by atoms with E-state index in [0.29, 0.717) is 18.7 Å². The van der Waals surface area contributed by atoms with E-state index in [1.54, 1.807) is 0 Å². The largest absolute Gasteiger partial charge is 0.477 e. The lowest BCUT2D eigenvalue weighted by atomic mass is 9.92. The van der Waals surface area contributed by atoms with E-state index < -0.39 is 49.3 Å². The first-order chi connectivity index (χ1) is 19.7. The molecule has 1 aliphatic heterocycles. The van der Waals surface area contributed by atoms with Gasteiger partial charge in [-0.25, -0.2) is 31.6 Å². The van der Waals surface area contributed by atoms with Crippen molar-refractivity contribution in [3.8, 4) is 0 Å². The van der Waals surface area contributed by atoms with Gasteiger partial charge in [-0.15, -0.1) is 0 Å². The van der Waals surface area contributed by atoms with E-state index >= 15 is 4.39 Å². The highest BCUT2D eigenvalue weighted by Gasteiger charge is 2.44. The quantitative estimate of drug-likeness (QED) is 0.328. The van der Waals surface area contributed by atoms with Crippen LogP contribution in [0.4, 0.5) is 19.1 Å². The first-order valence-electron chi connectivity index (χ1n) is 12.8. The first kappa shape index (κ1) is 30.7. The Morgan fingerprint density at radius 2 is 1.88 bits per heavy atom. The second-order valence-electron chi connectivity index (χ2n) is 10.3. The summed E-state index contributed by atoms with van der Waals surface area (Å²) in [4.78, 5) is 32.6. The van der Waals surface area contributed by atoms with Gasteiger partial charge in [-0.2, -0.15) is 0 Å². The molecule has 1 atom stereocenters. The molecule has 3 aromatic rings. The summed E-state index contributed by atoms with van der Waals surface area (Å²) in [7, 11) is -3.21. The van der Waals surface area contributed by atoms with Crippen LogP contribution in [0.5, 0.6) is 0 Å². The number of ketones is 1. The van der Waals surface area contributed by atoms with Crippen LogP contribution in [0, 0.1) is 23.4 Å². The number of methoxy groups -OCH3 is 1. The zero-order chi connectivity index (χ0) is 30.8. The number of sulfone groups is 1. The minimum absolute atomic E-state index is 0.0480. The van der Waals surface area contributed by atoms with Crippen LogP contribution in [0.3, 0.4) is 0 Å². The van der Waals surface area contributed by atoms with Crippen LogP contribution in [-0.2, 0) is 34.7 Å². The lowest BCUT2D eigenvalue weighted by Gasteiger charge is -2.17. The minimum atomic E-state index is -4.50. The third-order valence-electron chi connectivity index (χ3n) is 6.52. The number of anilines is 1. The van der Waals surface area contributed by atoms with Crippen LogP contribution in [0.1, 0.15) is 44.0 Å². The van der Waals surface area contributed by atoms with Crippen molar-refractivity contribution in [2.75, 3.05) is 19.0 Å². The van der Waals surface area contributed by atoms with Crippen LogP contribution < -0.4 is 5.32 Å². The summed E-state index contributed by atoms with van der Waals surface area (Å²) in [5.74, 6) is -5.11. The maximum Gasteiger partial charge on any atom is 0.305 e. The Bertz CT molecular complexity index is 1690. The summed E-state index contributed by atoms with van der Waals surface area (Å²) < 4.78 is 80.2. The molecule has 222 valence electrons. The first-order valence-corrected chi connectivity index (χ1v) is 14.5. The highest BCUT2D eigenvalue weighted by molar-refractivity contribution is 7.90. The molecule has 0 unspecified atom stereocenters. The van der Waals surface area contributed by atoms with Crippen molar-refractivity contribution in [3.05, 3.63) is 82.9 Å². The van der Waals surface area contributed by atoms with E-state index in [1.807, 2.05) is 6.92 Å². The average molecular weight is 604 g/mol. The molecule has 1 N–H and O–H groups in total. The normalized spacial score (nSPS) is 15.4. The van der Waals surface area contributed by atoms with Crippen LogP contribution in [0.15, 0.2) is 53.6 Å². The van der Waals surface area contributed by atoms with Crippen molar-refractivity contribution >= 4 is 38.9 Å². The monoisotopic (exact) mass is 603 g/mol. The number of rotatable bonds is 10. The predicted octanol–water partition coefficient (Wildman–Crippen LogP) is 4.73. The lowest BCUT2D eigenvalue weighted by Crippen LogP contribution is -2.29. The minimum Gasteiger partial charge on any atom is -0.477 e. The van der Waals surface area contributed by atoms with E-state index in [9.17, 15) is 26.8 Å². The van der Waals surface area contributed by atoms with E-state index in [1.165, 1.54) is 51.4 Å². The van der Waals surface area contributed by atoms with Crippen molar-refractivity contribution in [2.24, 2.45) is 5.92 Å². The molecule has 0 amide bonds. The molecule has 2 heterocycles. The second kappa shape index (κ2) is 11.9. The Kier molecular flexibility index (Phi) is 8.71. The standard InChI is InChI=1S/C29H28F3N3O6S/c1-16(12-23(36)40-4)14-34-28-33-11-10-21(35-28)26-24(27(37)29(2,3)41-26)19-7-5-6-17(25(19)32)15-42(38,39)22-13-18(30)8-9-20(22)31/h5-11,13,16H,12,14-15H2,1-4H3,(H,33,34,35)/t16-/m1/s1. The summed E-state index contributed by atoms with van der Waals surface area (Å²) >= 11 is 0. The Labute approximate surface area is 240 Å². The van der Waals surface area contributed by atoms with Gasteiger partial charge in [-0.3, -0.25) is 9.59 Å². The third kappa shape index (κ3) is 6.46. The van der Waals surface area contributed by atoms with E-state index in [2.05, 4.69) is 20.0 Å². The van der Waals surface area contributed by atoms with Crippen LogP contribution >= 0.6 is 0 Å². The number of ether oxygens (including phenoxy) is 2. The number of carbonyl (C=O) groups is 2. The molecule has 9 nitrogen and oxygen atoms in total. The van der Waals surface area contributed by atoms with Gasteiger partial charge in [0.2, 0.25) is 11.7 Å². The molecule has 1 aromatic heterocycles. The van der Waals surface area contributed by atoms with E-state index in [4.69, 9.17) is 4.74 Å². The number of Topliss-reactive ketones (excluding diaryl/α,β-unsaturated/α-hetero) is 1. The number of carbonyl (C=O) groups excluding carboxylic acids is 2. The number of nitrogens with one attached hydrogen (secondary N) is 1. The van der Waals surface area contributed by atoms with Gasteiger partial charge >= 0.3 is 5.97 Å². The van der Waals surface area contributed by atoms with Crippen molar-refractivity contribution < 1.29 is 40.7 Å². The summed E-state index contributed by atoms with van der Waals surface area (Å²) in [5.41, 5.74) is -2.02. The highest BCUT2D eigenvalue weighted by Crippen LogP contribution is 2.42. The van der Waals surface area contributed by atoms with Gasteiger partial charge in [-0.1, -0.05) is 25.1 Å². The lowest BCUT2D eigenvalue weighted by molar-refractivity contribution is -0.141. The molecule has 4 rings (SSSR count). The van der Waals surface area contributed by atoms with Crippen molar-refractivity contribution in [3.63, 3.8) is 0 Å². The molecule has 0 spiro atoms. The highest BCUT2D eigenvalue weighted by atomic mass is 32.2. The van der Waals surface area contributed by atoms with Gasteiger partial charge < -0.3 is 14.8 Å². The van der Waals surface area contributed by atoms with Crippen molar-refractivity contribution in [1.29, 1.82) is 0 Å². The number of nitrogens with zero attached hydrogens (tertiary/aromatic N) is 2. The molecule has 1 aliphatic rings. The molecule has 0 fully saturated rings. The van der Waals surface area contributed by atoms with Gasteiger partial charge in [0.05, 0.1) is 18.4 Å². The average Bonchev–Trinajstić information content (AvgIpc) is 3.18.